The summed E-state index contributed by atoms with van der Waals surface area (Å²) in [5.41, 5.74) is 0. The molecular formula is C14H28N6. The van der Waals surface area contributed by atoms with Crippen LogP contribution in [0, 0.1) is 0 Å². The van der Waals surface area contributed by atoms with Gasteiger partial charge in [-0.3, -0.25) is 0 Å². The SMILES string of the molecule is C1CCCN=NN(N2CCCCCCCN=N2)CCC1. The number of rotatable bonds is 1. The second kappa shape index (κ2) is 9.66. The Morgan fingerprint density at radius 2 is 0.850 bits per heavy atom. The summed E-state index contributed by atoms with van der Waals surface area (Å²) in [5, 5.41) is 21.2. The van der Waals surface area contributed by atoms with Crippen LogP contribution in [0.2, 0.25) is 0 Å². The number of nitrogens with zero attached hydrogens (tertiary/aromatic N) is 6. The van der Waals surface area contributed by atoms with Crippen molar-refractivity contribution >= 4 is 0 Å². The lowest BCUT2D eigenvalue weighted by molar-refractivity contribution is -0.0427. The van der Waals surface area contributed by atoms with Crippen molar-refractivity contribution < 1.29 is 0 Å². The topological polar surface area (TPSA) is 55.9 Å². The molecule has 0 radical (unpaired) electrons. The van der Waals surface area contributed by atoms with Crippen molar-refractivity contribution in [1.82, 2.24) is 10.2 Å². The molecule has 2 aliphatic rings. The van der Waals surface area contributed by atoms with Gasteiger partial charge < -0.3 is 0 Å². The van der Waals surface area contributed by atoms with Crippen molar-refractivity contribution in [1.29, 1.82) is 0 Å². The van der Waals surface area contributed by atoms with Crippen LogP contribution in [0.15, 0.2) is 20.7 Å². The molecule has 0 saturated heterocycles. The normalized spacial score (nSPS) is 23.6. The first-order chi connectivity index (χ1) is 9.97. The first-order valence-corrected chi connectivity index (χ1v) is 8.26. The molecule has 0 N–H and O–H groups in total. The van der Waals surface area contributed by atoms with Crippen LogP contribution in [0.4, 0.5) is 0 Å². The van der Waals surface area contributed by atoms with E-state index in [1.807, 2.05) is 10.2 Å². The van der Waals surface area contributed by atoms with Crippen molar-refractivity contribution in [2.24, 2.45) is 20.7 Å². The Bertz CT molecular complexity index is 274. The predicted molar refractivity (Wildman–Crippen MR) is 79.0 cm³/mol. The fourth-order valence-electron chi connectivity index (χ4n) is 2.58. The van der Waals surface area contributed by atoms with E-state index in [2.05, 4.69) is 20.7 Å². The minimum atomic E-state index is 0.835. The second-order valence-corrected chi connectivity index (χ2v) is 5.64. The molecule has 0 atom stereocenters. The van der Waals surface area contributed by atoms with Gasteiger partial charge in [0, 0.05) is 0 Å². The molecule has 0 aromatic heterocycles. The van der Waals surface area contributed by atoms with E-state index in [0.717, 1.165) is 51.9 Å². The van der Waals surface area contributed by atoms with Crippen LogP contribution in [0.3, 0.4) is 0 Å². The van der Waals surface area contributed by atoms with Crippen molar-refractivity contribution in [3.63, 3.8) is 0 Å². The summed E-state index contributed by atoms with van der Waals surface area (Å²) in [4.78, 5) is 0. The third kappa shape index (κ3) is 5.84. The maximum Gasteiger partial charge on any atom is 0.0621 e. The molecule has 0 fully saturated rings. The molecule has 2 heterocycles. The Morgan fingerprint density at radius 3 is 1.35 bits per heavy atom. The first-order valence-electron chi connectivity index (χ1n) is 8.26. The monoisotopic (exact) mass is 280 g/mol. The molecule has 6 heteroatoms. The number of hydrogen-bond acceptors (Lipinski definition) is 6. The van der Waals surface area contributed by atoms with Gasteiger partial charge in [0.1, 0.15) is 0 Å². The highest BCUT2D eigenvalue weighted by Crippen LogP contribution is 2.13. The van der Waals surface area contributed by atoms with Crippen molar-refractivity contribution in [2.75, 3.05) is 26.2 Å². The lowest BCUT2D eigenvalue weighted by Crippen LogP contribution is -2.36. The maximum absolute atomic E-state index is 4.37. The summed E-state index contributed by atoms with van der Waals surface area (Å²) in [6.07, 6.45) is 12.3. The highest BCUT2D eigenvalue weighted by molar-refractivity contribution is 4.56. The molecule has 2 rings (SSSR count). The molecule has 0 aliphatic carbocycles. The molecule has 0 unspecified atom stereocenters. The van der Waals surface area contributed by atoms with Crippen LogP contribution in [0.1, 0.15) is 64.2 Å². The van der Waals surface area contributed by atoms with E-state index in [0.29, 0.717) is 0 Å². The molecular weight excluding hydrogens is 252 g/mol. The van der Waals surface area contributed by atoms with Gasteiger partial charge in [-0.2, -0.15) is 20.5 Å². The van der Waals surface area contributed by atoms with E-state index >= 15 is 0 Å². The van der Waals surface area contributed by atoms with E-state index in [1.165, 1.54) is 38.5 Å². The van der Waals surface area contributed by atoms with Crippen LogP contribution in [-0.2, 0) is 0 Å². The standard InChI is InChI=1S/C14H28N6/c1-3-7-11-15-17-19(13-9-5-1)20-14-10-6-2-4-8-12-16-18-20/h1-14H2. The van der Waals surface area contributed by atoms with Crippen molar-refractivity contribution in [2.45, 2.75) is 64.2 Å². The van der Waals surface area contributed by atoms with Crippen LogP contribution in [-0.4, -0.2) is 36.4 Å². The van der Waals surface area contributed by atoms with Crippen molar-refractivity contribution in [3.8, 4) is 0 Å². The molecule has 0 spiro atoms. The fraction of sp³-hybridized carbons (Fsp3) is 1.00. The van der Waals surface area contributed by atoms with Crippen LogP contribution in [0.25, 0.3) is 0 Å². The number of hydrogen-bond donors (Lipinski definition) is 0. The summed E-state index contributed by atoms with van der Waals surface area (Å²) in [5.74, 6) is 0. The Morgan fingerprint density at radius 1 is 0.450 bits per heavy atom. The van der Waals surface area contributed by atoms with Gasteiger partial charge in [0.15, 0.2) is 0 Å². The molecule has 6 nitrogen and oxygen atoms in total. The molecule has 20 heavy (non-hydrogen) atoms. The summed E-state index contributed by atoms with van der Waals surface area (Å²) in [6.45, 7) is 3.48. The minimum Gasteiger partial charge on any atom is -0.169 e. The summed E-state index contributed by atoms with van der Waals surface area (Å²) in [7, 11) is 0. The highest BCUT2D eigenvalue weighted by atomic mass is 15.9. The van der Waals surface area contributed by atoms with Crippen molar-refractivity contribution in [3.05, 3.63) is 0 Å². The molecule has 0 bridgehead atoms. The van der Waals surface area contributed by atoms with Crippen LogP contribution in [0.5, 0.6) is 0 Å². The average Bonchev–Trinajstić information content (AvgIpc) is 2.50. The summed E-state index contributed by atoms with van der Waals surface area (Å²) < 4.78 is 0. The zero-order chi connectivity index (χ0) is 13.9. The summed E-state index contributed by atoms with van der Waals surface area (Å²) in [6, 6.07) is 0. The zero-order valence-electron chi connectivity index (χ0n) is 12.6. The predicted octanol–water partition coefficient (Wildman–Crippen LogP) is 4.17. The smallest absolute Gasteiger partial charge is 0.0621 e. The summed E-state index contributed by atoms with van der Waals surface area (Å²) >= 11 is 0. The van der Waals surface area contributed by atoms with E-state index in [1.54, 1.807) is 0 Å². The molecule has 0 saturated carbocycles. The Balaban J connectivity index is 1.94. The molecule has 0 amide bonds. The minimum absolute atomic E-state index is 0.835. The largest absolute Gasteiger partial charge is 0.169 e. The van der Waals surface area contributed by atoms with E-state index in [9.17, 15) is 0 Å². The third-order valence-corrected chi connectivity index (χ3v) is 3.83. The Labute approximate surface area is 122 Å². The van der Waals surface area contributed by atoms with Gasteiger partial charge in [0.05, 0.1) is 26.2 Å². The third-order valence-electron chi connectivity index (χ3n) is 3.83. The van der Waals surface area contributed by atoms with Gasteiger partial charge in [-0.15, -0.1) is 0 Å². The zero-order valence-corrected chi connectivity index (χ0v) is 12.6. The van der Waals surface area contributed by atoms with Gasteiger partial charge in [-0.05, 0) is 25.7 Å². The molecule has 0 aromatic carbocycles. The van der Waals surface area contributed by atoms with Gasteiger partial charge in [0.25, 0.3) is 0 Å². The lowest BCUT2D eigenvalue weighted by atomic mass is 10.1. The van der Waals surface area contributed by atoms with E-state index < -0.39 is 0 Å². The average molecular weight is 280 g/mol. The van der Waals surface area contributed by atoms with Gasteiger partial charge in [-0.25, -0.2) is 0 Å². The highest BCUT2D eigenvalue weighted by Gasteiger charge is 2.13. The Hall–Kier alpha value is -1.20. The molecule has 2 aliphatic heterocycles. The van der Waals surface area contributed by atoms with Gasteiger partial charge in [0.2, 0.25) is 0 Å². The number of hydrazine groups is 1. The quantitative estimate of drug-likeness (QED) is 0.724. The van der Waals surface area contributed by atoms with Crippen LogP contribution < -0.4 is 0 Å². The molecule has 0 aromatic rings. The van der Waals surface area contributed by atoms with E-state index in [4.69, 9.17) is 0 Å². The van der Waals surface area contributed by atoms with E-state index in [-0.39, 0.29) is 0 Å². The van der Waals surface area contributed by atoms with Gasteiger partial charge in [-0.1, -0.05) is 49.0 Å². The van der Waals surface area contributed by atoms with Gasteiger partial charge >= 0.3 is 0 Å². The maximum atomic E-state index is 4.37. The Kier molecular flexibility index (Phi) is 7.34. The molecule has 114 valence electrons. The second-order valence-electron chi connectivity index (χ2n) is 5.64. The van der Waals surface area contributed by atoms with Crippen LogP contribution >= 0.6 is 0 Å². The lowest BCUT2D eigenvalue weighted by Gasteiger charge is -2.28. The fourth-order valence-corrected chi connectivity index (χ4v) is 2.58. The first kappa shape index (κ1) is 15.2.